The molecule has 9 aromatic rings. The lowest BCUT2D eigenvalue weighted by atomic mass is 9.99. The predicted octanol–water partition coefficient (Wildman–Crippen LogP) is 13.2. The van der Waals surface area contributed by atoms with Gasteiger partial charge in [-0.3, -0.25) is 0 Å². The molecular formula is C46H31NO. The zero-order chi connectivity index (χ0) is 31.9. The Bertz CT molecular complexity index is 2530. The maximum Gasteiger partial charge on any atom is 0.143 e. The monoisotopic (exact) mass is 613 g/mol. The van der Waals surface area contributed by atoms with E-state index in [9.17, 15) is 0 Å². The van der Waals surface area contributed by atoms with Crippen LogP contribution in [0.1, 0.15) is 0 Å². The van der Waals surface area contributed by atoms with Crippen molar-refractivity contribution in [1.29, 1.82) is 0 Å². The van der Waals surface area contributed by atoms with Gasteiger partial charge in [0.15, 0.2) is 0 Å². The molecule has 1 aromatic heterocycles. The van der Waals surface area contributed by atoms with Crippen molar-refractivity contribution in [1.82, 2.24) is 0 Å². The second-order valence-corrected chi connectivity index (χ2v) is 12.2. The number of para-hydroxylation sites is 1. The van der Waals surface area contributed by atoms with Crippen LogP contribution in [0.3, 0.4) is 0 Å². The Kier molecular flexibility index (Phi) is 6.84. The number of furan rings is 1. The number of anilines is 3. The van der Waals surface area contributed by atoms with Crippen molar-refractivity contribution in [2.45, 2.75) is 0 Å². The van der Waals surface area contributed by atoms with E-state index >= 15 is 0 Å². The van der Waals surface area contributed by atoms with E-state index in [4.69, 9.17) is 4.42 Å². The third-order valence-electron chi connectivity index (χ3n) is 9.28. The average Bonchev–Trinajstić information content (AvgIpc) is 3.56. The molecule has 2 nitrogen and oxygen atoms in total. The van der Waals surface area contributed by atoms with Gasteiger partial charge in [-0.2, -0.15) is 0 Å². The van der Waals surface area contributed by atoms with E-state index in [0.29, 0.717) is 0 Å². The van der Waals surface area contributed by atoms with Crippen molar-refractivity contribution < 1.29 is 4.42 Å². The van der Waals surface area contributed by atoms with Gasteiger partial charge in [0, 0.05) is 32.9 Å². The molecule has 0 aliphatic carbocycles. The largest absolute Gasteiger partial charge is 0.455 e. The molecule has 0 atom stereocenters. The molecule has 0 spiro atoms. The first kappa shape index (κ1) is 27.9. The molecule has 0 saturated carbocycles. The van der Waals surface area contributed by atoms with Crippen molar-refractivity contribution >= 4 is 49.8 Å². The highest BCUT2D eigenvalue weighted by Crippen LogP contribution is 2.43. The molecule has 2 heteroatoms. The fraction of sp³-hybridized carbons (Fsp3) is 0. The molecule has 1 heterocycles. The van der Waals surface area contributed by atoms with E-state index in [-0.39, 0.29) is 0 Å². The Morgan fingerprint density at radius 1 is 0.312 bits per heavy atom. The van der Waals surface area contributed by atoms with Crippen molar-refractivity contribution in [3.63, 3.8) is 0 Å². The number of hydrogen-bond donors (Lipinski definition) is 0. The van der Waals surface area contributed by atoms with E-state index in [1.807, 2.05) is 12.1 Å². The standard InChI is InChI=1S/C46H31NO/c1-3-11-32(12-4-1)34-21-23-35(24-22-34)36-25-27-38(28-26-36)47(39-16-9-15-37(31-39)33-13-5-2-6-14-33)44-19-10-18-42-40(44)29-30-43-41-17-7-8-20-45(41)48-46(42)43/h1-31H. The highest BCUT2D eigenvalue weighted by Gasteiger charge is 2.19. The number of benzene rings is 8. The van der Waals surface area contributed by atoms with Crippen molar-refractivity contribution in [3.8, 4) is 33.4 Å². The first-order valence-electron chi connectivity index (χ1n) is 16.3. The predicted molar refractivity (Wildman–Crippen MR) is 202 cm³/mol. The molecular weight excluding hydrogens is 583 g/mol. The van der Waals surface area contributed by atoms with Crippen LogP contribution in [-0.4, -0.2) is 0 Å². The number of fused-ring (bicyclic) bond motifs is 5. The summed E-state index contributed by atoms with van der Waals surface area (Å²) in [6.45, 7) is 0. The summed E-state index contributed by atoms with van der Waals surface area (Å²) in [5.74, 6) is 0. The average molecular weight is 614 g/mol. The molecule has 0 saturated heterocycles. The third-order valence-corrected chi connectivity index (χ3v) is 9.28. The molecule has 8 aromatic carbocycles. The van der Waals surface area contributed by atoms with Crippen LogP contribution in [-0.2, 0) is 0 Å². The van der Waals surface area contributed by atoms with Gasteiger partial charge in [-0.25, -0.2) is 0 Å². The van der Waals surface area contributed by atoms with E-state index < -0.39 is 0 Å². The van der Waals surface area contributed by atoms with Gasteiger partial charge in [-0.05, 0) is 75.8 Å². The molecule has 48 heavy (non-hydrogen) atoms. The minimum absolute atomic E-state index is 0.908. The highest BCUT2D eigenvalue weighted by molar-refractivity contribution is 6.17. The van der Waals surface area contributed by atoms with E-state index in [0.717, 1.165) is 49.8 Å². The Balaban J connectivity index is 1.18. The Labute approximate surface area is 279 Å². The second-order valence-electron chi connectivity index (χ2n) is 12.2. The molecule has 0 N–H and O–H groups in total. The lowest BCUT2D eigenvalue weighted by Gasteiger charge is -2.27. The first-order valence-corrected chi connectivity index (χ1v) is 16.3. The lowest BCUT2D eigenvalue weighted by molar-refractivity contribution is 0.672. The van der Waals surface area contributed by atoms with Crippen LogP contribution >= 0.6 is 0 Å². The van der Waals surface area contributed by atoms with Crippen molar-refractivity contribution in [2.75, 3.05) is 4.90 Å². The number of hydrogen-bond acceptors (Lipinski definition) is 2. The van der Waals surface area contributed by atoms with Gasteiger partial charge in [0.25, 0.3) is 0 Å². The van der Waals surface area contributed by atoms with Gasteiger partial charge in [-0.15, -0.1) is 0 Å². The van der Waals surface area contributed by atoms with Gasteiger partial charge < -0.3 is 9.32 Å². The molecule has 0 aliphatic rings. The molecule has 0 amide bonds. The van der Waals surface area contributed by atoms with Crippen LogP contribution in [0.5, 0.6) is 0 Å². The van der Waals surface area contributed by atoms with Crippen LogP contribution in [0.4, 0.5) is 17.1 Å². The number of nitrogens with zero attached hydrogens (tertiary/aromatic N) is 1. The summed E-state index contributed by atoms with van der Waals surface area (Å²) in [7, 11) is 0. The highest BCUT2D eigenvalue weighted by atomic mass is 16.3. The van der Waals surface area contributed by atoms with Crippen LogP contribution in [0.15, 0.2) is 192 Å². The minimum Gasteiger partial charge on any atom is -0.455 e. The summed E-state index contributed by atoms with van der Waals surface area (Å²) < 4.78 is 6.47. The Morgan fingerprint density at radius 3 is 1.52 bits per heavy atom. The zero-order valence-electron chi connectivity index (χ0n) is 26.3. The second kappa shape index (κ2) is 11.8. The molecule has 0 unspecified atom stereocenters. The van der Waals surface area contributed by atoms with Crippen LogP contribution < -0.4 is 4.90 Å². The Morgan fingerprint density at radius 2 is 0.812 bits per heavy atom. The third kappa shape index (κ3) is 4.92. The lowest BCUT2D eigenvalue weighted by Crippen LogP contribution is -2.10. The van der Waals surface area contributed by atoms with E-state index in [1.165, 1.54) is 33.4 Å². The van der Waals surface area contributed by atoms with Crippen LogP contribution in [0.2, 0.25) is 0 Å². The molecule has 9 rings (SSSR count). The smallest absolute Gasteiger partial charge is 0.143 e. The SMILES string of the molecule is c1ccc(-c2ccc(-c3ccc(N(c4cccc(-c5ccccc5)c4)c4cccc5c4ccc4c6ccccc6oc54)cc3)cc2)cc1. The fourth-order valence-corrected chi connectivity index (χ4v) is 6.89. The van der Waals surface area contributed by atoms with Crippen LogP contribution in [0.25, 0.3) is 66.1 Å². The fourth-order valence-electron chi connectivity index (χ4n) is 6.89. The summed E-state index contributed by atoms with van der Waals surface area (Å²) in [6.07, 6.45) is 0. The maximum absolute atomic E-state index is 6.47. The summed E-state index contributed by atoms with van der Waals surface area (Å²) >= 11 is 0. The zero-order valence-corrected chi connectivity index (χ0v) is 26.3. The molecule has 226 valence electrons. The molecule has 0 aliphatic heterocycles. The van der Waals surface area contributed by atoms with Gasteiger partial charge >= 0.3 is 0 Å². The molecule has 0 radical (unpaired) electrons. The quantitative estimate of drug-likeness (QED) is 0.185. The normalized spacial score (nSPS) is 11.3. The van der Waals surface area contributed by atoms with E-state index in [2.05, 4.69) is 181 Å². The van der Waals surface area contributed by atoms with Gasteiger partial charge in [0.05, 0.1) is 5.69 Å². The van der Waals surface area contributed by atoms with Gasteiger partial charge in [-0.1, -0.05) is 146 Å². The van der Waals surface area contributed by atoms with Gasteiger partial charge in [0.1, 0.15) is 11.2 Å². The molecule has 0 bridgehead atoms. The van der Waals surface area contributed by atoms with Gasteiger partial charge in [0.2, 0.25) is 0 Å². The summed E-state index contributed by atoms with van der Waals surface area (Å²) in [5, 5.41) is 4.51. The Hall–Kier alpha value is -6.38. The maximum atomic E-state index is 6.47. The summed E-state index contributed by atoms with van der Waals surface area (Å²) in [4.78, 5) is 2.37. The topological polar surface area (TPSA) is 16.4 Å². The van der Waals surface area contributed by atoms with E-state index in [1.54, 1.807) is 0 Å². The van der Waals surface area contributed by atoms with Crippen molar-refractivity contribution in [2.24, 2.45) is 0 Å². The summed E-state index contributed by atoms with van der Waals surface area (Å²) in [5.41, 5.74) is 12.3. The van der Waals surface area contributed by atoms with Crippen molar-refractivity contribution in [3.05, 3.63) is 188 Å². The number of rotatable bonds is 6. The summed E-state index contributed by atoms with van der Waals surface area (Å²) in [6, 6.07) is 66.9. The molecule has 0 fully saturated rings. The first-order chi connectivity index (χ1) is 23.8. The van der Waals surface area contributed by atoms with Crippen LogP contribution in [0, 0.1) is 0 Å². The minimum atomic E-state index is 0.908.